The lowest BCUT2D eigenvalue weighted by atomic mass is 9.54. The van der Waals surface area contributed by atoms with Crippen LogP contribution in [-0.4, -0.2) is 16.7 Å². The molecule has 0 spiro atoms. The van der Waals surface area contributed by atoms with Crippen LogP contribution in [0.25, 0.3) is 12.2 Å². The molecule has 190 valence electrons. The lowest BCUT2D eigenvalue weighted by molar-refractivity contribution is -0.181. The Bertz CT molecular complexity index is 1040. The van der Waals surface area contributed by atoms with E-state index in [-0.39, 0.29) is 11.6 Å². The molecule has 36 heavy (non-hydrogen) atoms. The van der Waals surface area contributed by atoms with Gasteiger partial charge in [-0.2, -0.15) is 0 Å². The van der Waals surface area contributed by atoms with Crippen molar-refractivity contribution in [2.45, 2.75) is 64.4 Å². The van der Waals surface area contributed by atoms with Gasteiger partial charge >= 0.3 is 5.97 Å². The summed E-state index contributed by atoms with van der Waals surface area (Å²) in [6.45, 7) is 7.96. The van der Waals surface area contributed by atoms with E-state index in [2.05, 4.69) is 50.8 Å². The van der Waals surface area contributed by atoms with E-state index in [1.807, 2.05) is 30.4 Å². The van der Waals surface area contributed by atoms with E-state index in [0.29, 0.717) is 11.7 Å². The molecule has 1 N–H and O–H groups in total. The zero-order valence-corrected chi connectivity index (χ0v) is 21.7. The molecule has 0 amide bonds. The molecule has 3 heteroatoms. The number of ether oxygens (including phenoxy) is 1. The summed E-state index contributed by atoms with van der Waals surface area (Å²) in [5.74, 6) is 3.25. The van der Waals surface area contributed by atoms with Crippen LogP contribution in [0.15, 0.2) is 73.3 Å². The molecule has 0 radical (unpaired) electrons. The Labute approximate surface area is 216 Å². The van der Waals surface area contributed by atoms with Crippen LogP contribution in [0.2, 0.25) is 0 Å². The number of aromatic hydroxyl groups is 1. The van der Waals surface area contributed by atoms with E-state index in [1.165, 1.54) is 36.5 Å². The summed E-state index contributed by atoms with van der Waals surface area (Å²) < 4.78 is 5.64. The average molecular weight is 485 g/mol. The number of phenolic OH excluding ortho intramolecular Hbond substituents is 1. The van der Waals surface area contributed by atoms with Crippen molar-refractivity contribution in [3.63, 3.8) is 0 Å². The van der Waals surface area contributed by atoms with Crippen LogP contribution < -0.4 is 0 Å². The van der Waals surface area contributed by atoms with E-state index in [4.69, 9.17) is 4.74 Å². The minimum absolute atomic E-state index is 0.0972. The van der Waals surface area contributed by atoms with Crippen LogP contribution in [0.1, 0.15) is 69.1 Å². The summed E-state index contributed by atoms with van der Waals surface area (Å²) in [6, 6.07) is 15.9. The standard InChI is InChI=1S/C20H22O.C13H18O2/c1-16(2)15-19-9-7-17(8-10-19)5-3-4-6-18-11-13-20(21)14-12-18;1-2-12(14)15-13-6-9-3-10(7-13)5-11(4-9)8-13/h3-14,16,21H,15H2,1-2H3;2,9-11H,1,3-8H2. The van der Waals surface area contributed by atoms with Gasteiger partial charge in [-0.05, 0) is 97.4 Å². The number of hydrogen-bond acceptors (Lipinski definition) is 3. The molecule has 6 rings (SSSR count). The molecule has 0 saturated heterocycles. The maximum atomic E-state index is 11.4. The molecule has 2 aromatic carbocycles. The van der Waals surface area contributed by atoms with Crippen LogP contribution in [0.3, 0.4) is 0 Å². The predicted molar refractivity (Wildman–Crippen MR) is 148 cm³/mol. The molecule has 4 fully saturated rings. The second kappa shape index (κ2) is 11.8. The van der Waals surface area contributed by atoms with Gasteiger partial charge in [-0.15, -0.1) is 0 Å². The average Bonchev–Trinajstić information content (AvgIpc) is 2.83. The number of benzene rings is 2. The summed E-state index contributed by atoms with van der Waals surface area (Å²) in [5, 5.41) is 9.22. The highest BCUT2D eigenvalue weighted by molar-refractivity contribution is 5.81. The number of carbonyl (C=O) groups is 1. The van der Waals surface area contributed by atoms with Gasteiger partial charge in [0.2, 0.25) is 0 Å². The van der Waals surface area contributed by atoms with Crippen molar-refractivity contribution in [2.24, 2.45) is 23.7 Å². The van der Waals surface area contributed by atoms with Crippen molar-refractivity contribution in [1.82, 2.24) is 0 Å². The van der Waals surface area contributed by atoms with Crippen LogP contribution in [0.5, 0.6) is 5.75 Å². The molecule has 4 saturated carbocycles. The Morgan fingerprint density at radius 3 is 1.83 bits per heavy atom. The van der Waals surface area contributed by atoms with Crippen LogP contribution in [0, 0.1) is 23.7 Å². The second-order valence-corrected chi connectivity index (χ2v) is 11.4. The molecule has 0 heterocycles. The Balaban J connectivity index is 0.000000178. The molecule has 3 nitrogen and oxygen atoms in total. The third kappa shape index (κ3) is 7.22. The first-order chi connectivity index (χ1) is 17.3. The first-order valence-electron chi connectivity index (χ1n) is 13.4. The highest BCUT2D eigenvalue weighted by Crippen LogP contribution is 2.57. The number of allylic oxidation sites excluding steroid dienone is 2. The fourth-order valence-electron chi connectivity index (χ4n) is 6.57. The summed E-state index contributed by atoms with van der Waals surface area (Å²) >= 11 is 0. The number of rotatable bonds is 7. The number of phenols is 1. The molecule has 2 aromatic rings. The Kier molecular flexibility index (Phi) is 8.51. The van der Waals surface area contributed by atoms with Gasteiger partial charge in [0.05, 0.1) is 0 Å². The van der Waals surface area contributed by atoms with Gasteiger partial charge in [-0.3, -0.25) is 0 Å². The van der Waals surface area contributed by atoms with Gasteiger partial charge < -0.3 is 9.84 Å². The Hall–Kier alpha value is -3.07. The van der Waals surface area contributed by atoms with Crippen molar-refractivity contribution in [2.75, 3.05) is 0 Å². The fourth-order valence-corrected chi connectivity index (χ4v) is 6.57. The largest absolute Gasteiger partial charge is 0.508 e. The van der Waals surface area contributed by atoms with Gasteiger partial charge in [0.1, 0.15) is 11.4 Å². The minimum Gasteiger partial charge on any atom is -0.508 e. The fraction of sp³-hybridized carbons (Fsp3) is 0.424. The van der Waals surface area contributed by atoms with Gasteiger partial charge in [0, 0.05) is 6.08 Å². The van der Waals surface area contributed by atoms with Crippen molar-refractivity contribution < 1.29 is 14.6 Å². The molecule has 4 bridgehead atoms. The molecule has 0 unspecified atom stereocenters. The van der Waals surface area contributed by atoms with E-state index >= 15 is 0 Å². The monoisotopic (exact) mass is 484 g/mol. The van der Waals surface area contributed by atoms with Crippen molar-refractivity contribution >= 4 is 18.1 Å². The quantitative estimate of drug-likeness (QED) is 0.246. The highest BCUT2D eigenvalue weighted by Gasteiger charge is 2.52. The molecule has 4 aliphatic rings. The van der Waals surface area contributed by atoms with E-state index in [0.717, 1.165) is 49.0 Å². The van der Waals surface area contributed by atoms with Crippen molar-refractivity contribution in [1.29, 1.82) is 0 Å². The zero-order valence-electron chi connectivity index (χ0n) is 21.7. The minimum atomic E-state index is -0.225. The maximum Gasteiger partial charge on any atom is 0.330 e. The summed E-state index contributed by atoms with van der Waals surface area (Å²) in [4.78, 5) is 11.4. The third-order valence-electron chi connectivity index (χ3n) is 7.67. The molecular weight excluding hydrogens is 444 g/mol. The lowest BCUT2D eigenvalue weighted by Gasteiger charge is -2.55. The summed E-state index contributed by atoms with van der Waals surface area (Å²) in [5.41, 5.74) is 3.57. The summed E-state index contributed by atoms with van der Waals surface area (Å²) in [6.07, 6.45) is 18.1. The first-order valence-corrected chi connectivity index (χ1v) is 13.4. The van der Waals surface area contributed by atoms with Crippen molar-refractivity contribution in [3.8, 4) is 5.75 Å². The summed E-state index contributed by atoms with van der Waals surface area (Å²) in [7, 11) is 0. The smallest absolute Gasteiger partial charge is 0.330 e. The SMILES string of the molecule is C=CC(=O)OC12CC3CC(CC(C3)C1)C2.CC(C)Cc1ccc(C=CC=Cc2ccc(O)cc2)cc1. The van der Waals surface area contributed by atoms with Gasteiger partial charge in [-0.25, -0.2) is 4.79 Å². The number of hydrogen-bond donors (Lipinski definition) is 1. The van der Waals surface area contributed by atoms with Gasteiger partial charge in [0.15, 0.2) is 0 Å². The highest BCUT2D eigenvalue weighted by atomic mass is 16.6. The first kappa shape index (κ1) is 26.0. The van der Waals surface area contributed by atoms with E-state index in [9.17, 15) is 9.90 Å². The zero-order chi connectivity index (χ0) is 25.5. The molecule has 0 aliphatic heterocycles. The van der Waals surface area contributed by atoms with Gasteiger partial charge in [0.25, 0.3) is 0 Å². The van der Waals surface area contributed by atoms with E-state index in [1.54, 1.807) is 12.1 Å². The van der Waals surface area contributed by atoms with Gasteiger partial charge in [-0.1, -0.05) is 81.1 Å². The van der Waals surface area contributed by atoms with Crippen LogP contribution in [-0.2, 0) is 16.0 Å². The number of carbonyl (C=O) groups excluding carboxylic acids is 1. The predicted octanol–water partition coefficient (Wildman–Crippen LogP) is 8.00. The molecular formula is C33H40O3. The van der Waals surface area contributed by atoms with Crippen molar-refractivity contribution in [3.05, 3.63) is 90.0 Å². The van der Waals surface area contributed by atoms with Crippen LogP contribution in [0.4, 0.5) is 0 Å². The normalized spacial score (nSPS) is 26.2. The molecule has 0 aromatic heterocycles. The third-order valence-corrected chi connectivity index (χ3v) is 7.67. The Morgan fingerprint density at radius 2 is 1.39 bits per heavy atom. The lowest BCUT2D eigenvalue weighted by Crippen LogP contribution is -2.52. The van der Waals surface area contributed by atoms with Crippen LogP contribution >= 0.6 is 0 Å². The molecule has 0 atom stereocenters. The number of esters is 1. The van der Waals surface area contributed by atoms with E-state index < -0.39 is 0 Å². The topological polar surface area (TPSA) is 46.5 Å². The Morgan fingerprint density at radius 1 is 0.917 bits per heavy atom. The second-order valence-electron chi connectivity index (χ2n) is 11.4. The molecule has 4 aliphatic carbocycles. The maximum absolute atomic E-state index is 11.4.